The van der Waals surface area contributed by atoms with Crippen LogP contribution in [0.4, 0.5) is 21.5 Å². The van der Waals surface area contributed by atoms with Gasteiger partial charge in [0, 0.05) is 17.4 Å². The van der Waals surface area contributed by atoms with E-state index in [0.29, 0.717) is 5.69 Å². The molecule has 0 saturated heterocycles. The summed E-state index contributed by atoms with van der Waals surface area (Å²) in [6, 6.07) is 10.0. The van der Waals surface area contributed by atoms with Crippen molar-refractivity contribution in [1.29, 1.82) is 5.26 Å². The van der Waals surface area contributed by atoms with Crippen molar-refractivity contribution in [3.8, 4) is 6.07 Å². The normalized spacial score (nSPS) is 9.79. The monoisotopic (exact) mass is 400 g/mol. The van der Waals surface area contributed by atoms with E-state index in [1.165, 1.54) is 24.3 Å². The maximum Gasteiger partial charge on any atom is 0.338 e. The van der Waals surface area contributed by atoms with E-state index in [1.807, 2.05) is 0 Å². The molecule has 2 amide bonds. The fourth-order valence-electron chi connectivity index (χ4n) is 2.11. The molecule has 2 aromatic rings. The zero-order chi connectivity index (χ0) is 21.4. The number of amides is 2. The Morgan fingerprint density at radius 3 is 2.31 bits per heavy atom. The Balaban J connectivity index is 1.89. The van der Waals surface area contributed by atoms with Crippen molar-refractivity contribution in [1.82, 2.24) is 0 Å². The minimum Gasteiger partial charge on any atom is -0.452 e. The van der Waals surface area contributed by atoms with Gasteiger partial charge in [0.2, 0.25) is 11.7 Å². The van der Waals surface area contributed by atoms with Gasteiger partial charge in [0.1, 0.15) is 6.42 Å². The van der Waals surface area contributed by atoms with E-state index < -0.39 is 40.8 Å². The Labute approximate surface area is 163 Å². The fourth-order valence-corrected chi connectivity index (χ4v) is 2.11. The lowest BCUT2D eigenvalue weighted by Gasteiger charge is -2.08. The van der Waals surface area contributed by atoms with Crippen molar-refractivity contribution >= 4 is 34.8 Å². The van der Waals surface area contributed by atoms with Gasteiger partial charge in [-0.15, -0.1) is 0 Å². The summed E-state index contributed by atoms with van der Waals surface area (Å²) in [7, 11) is 0. The second kappa shape index (κ2) is 9.56. The number of benzene rings is 2. The van der Waals surface area contributed by atoms with Crippen LogP contribution in [-0.2, 0) is 14.3 Å². The van der Waals surface area contributed by atoms with Gasteiger partial charge in [0.15, 0.2) is 6.61 Å². The Hall–Kier alpha value is -4.33. The molecule has 2 rings (SSSR count). The van der Waals surface area contributed by atoms with E-state index in [4.69, 9.17) is 10.00 Å². The van der Waals surface area contributed by atoms with Crippen LogP contribution in [0.1, 0.15) is 16.8 Å². The van der Waals surface area contributed by atoms with Gasteiger partial charge in [-0.25, -0.2) is 4.79 Å². The minimum absolute atomic E-state index is 0.0309. The number of ether oxygens (including phenoxy) is 1. The topological polar surface area (TPSA) is 151 Å². The molecule has 0 aliphatic heterocycles. The van der Waals surface area contributed by atoms with Crippen LogP contribution in [0.5, 0.6) is 0 Å². The highest BCUT2D eigenvalue weighted by atomic mass is 19.1. The number of nitrogens with one attached hydrogen (secondary N) is 2. The summed E-state index contributed by atoms with van der Waals surface area (Å²) in [6.07, 6.45) is -0.309. The third-order valence-corrected chi connectivity index (χ3v) is 3.40. The molecular formula is C18H13FN4O6. The first kappa shape index (κ1) is 21.0. The molecule has 11 heteroatoms. The molecule has 2 aromatic carbocycles. The Morgan fingerprint density at radius 1 is 1.07 bits per heavy atom. The van der Waals surface area contributed by atoms with Crippen LogP contribution in [0, 0.1) is 27.3 Å². The van der Waals surface area contributed by atoms with Crippen molar-refractivity contribution < 1.29 is 28.4 Å². The zero-order valence-corrected chi connectivity index (χ0v) is 14.7. The molecule has 0 atom stereocenters. The third kappa shape index (κ3) is 6.10. The molecule has 0 aromatic heterocycles. The second-order valence-electron chi connectivity index (χ2n) is 5.51. The van der Waals surface area contributed by atoms with Crippen LogP contribution in [0.25, 0.3) is 0 Å². The number of hydrogen-bond acceptors (Lipinski definition) is 7. The van der Waals surface area contributed by atoms with Crippen LogP contribution in [-0.4, -0.2) is 29.3 Å². The first-order chi connectivity index (χ1) is 13.8. The molecule has 0 fully saturated rings. The Bertz CT molecular complexity index is 1000. The second-order valence-corrected chi connectivity index (χ2v) is 5.51. The lowest BCUT2D eigenvalue weighted by molar-refractivity contribution is -0.387. The summed E-state index contributed by atoms with van der Waals surface area (Å²) in [4.78, 5) is 44.8. The smallest absolute Gasteiger partial charge is 0.338 e. The molecule has 0 bridgehead atoms. The third-order valence-electron chi connectivity index (χ3n) is 3.40. The van der Waals surface area contributed by atoms with Crippen molar-refractivity contribution in [2.24, 2.45) is 0 Å². The summed E-state index contributed by atoms with van der Waals surface area (Å²) in [6.45, 7) is -0.676. The summed E-state index contributed by atoms with van der Waals surface area (Å²) < 4.78 is 18.1. The number of nitro groups is 1. The molecule has 10 nitrogen and oxygen atoms in total. The molecule has 0 spiro atoms. The lowest BCUT2D eigenvalue weighted by atomic mass is 10.2. The van der Waals surface area contributed by atoms with Gasteiger partial charge in [-0.2, -0.15) is 9.65 Å². The van der Waals surface area contributed by atoms with Crippen LogP contribution in [0.2, 0.25) is 0 Å². The van der Waals surface area contributed by atoms with Crippen molar-refractivity contribution in [3.63, 3.8) is 0 Å². The number of esters is 1. The molecule has 0 radical (unpaired) electrons. The first-order valence-electron chi connectivity index (χ1n) is 7.98. The number of nitriles is 1. The van der Waals surface area contributed by atoms with Gasteiger partial charge in [0.05, 0.1) is 16.6 Å². The van der Waals surface area contributed by atoms with E-state index >= 15 is 0 Å². The molecule has 0 saturated carbocycles. The predicted octanol–water partition coefficient (Wildman–Crippen LogP) is 2.38. The number of carbonyl (C=O) groups is 3. The number of halogens is 1. The highest BCUT2D eigenvalue weighted by molar-refractivity contribution is 5.96. The molecule has 29 heavy (non-hydrogen) atoms. The summed E-state index contributed by atoms with van der Waals surface area (Å²) in [5.41, 5.74) is -0.357. The van der Waals surface area contributed by atoms with Crippen LogP contribution in [0.15, 0.2) is 42.5 Å². The van der Waals surface area contributed by atoms with E-state index in [0.717, 1.165) is 18.2 Å². The van der Waals surface area contributed by atoms with Crippen LogP contribution >= 0.6 is 0 Å². The Kier molecular flexibility index (Phi) is 6.92. The summed E-state index contributed by atoms with van der Waals surface area (Å²) in [5.74, 6) is -3.15. The standard InChI is InChI=1S/C18H13FN4O6/c19-14-6-5-13(9-15(14)23(27)28)22-17(25)10-29-18(26)11-1-3-12(4-2-11)21-16(24)7-8-20/h1-6,9H,7,10H2,(H,21,24)(H,22,25). The summed E-state index contributed by atoms with van der Waals surface area (Å²) in [5, 5.41) is 23.8. The van der Waals surface area contributed by atoms with Crippen molar-refractivity contribution in [2.75, 3.05) is 17.2 Å². The molecule has 2 N–H and O–H groups in total. The highest BCUT2D eigenvalue weighted by Gasteiger charge is 2.16. The van der Waals surface area contributed by atoms with Crippen LogP contribution < -0.4 is 10.6 Å². The largest absolute Gasteiger partial charge is 0.452 e. The number of nitro benzene ring substituents is 1. The zero-order valence-electron chi connectivity index (χ0n) is 14.7. The lowest BCUT2D eigenvalue weighted by Crippen LogP contribution is -2.21. The number of carbonyl (C=O) groups excluding carboxylic acids is 3. The number of nitrogens with zero attached hydrogens (tertiary/aromatic N) is 2. The summed E-state index contributed by atoms with van der Waals surface area (Å²) >= 11 is 0. The van der Waals surface area contributed by atoms with E-state index in [-0.39, 0.29) is 17.7 Å². The molecule has 0 aliphatic carbocycles. The predicted molar refractivity (Wildman–Crippen MR) is 97.3 cm³/mol. The first-order valence-corrected chi connectivity index (χ1v) is 7.98. The highest BCUT2D eigenvalue weighted by Crippen LogP contribution is 2.21. The average Bonchev–Trinajstić information content (AvgIpc) is 2.68. The fraction of sp³-hybridized carbons (Fsp3) is 0.111. The van der Waals surface area contributed by atoms with Crippen molar-refractivity contribution in [3.05, 3.63) is 64.0 Å². The van der Waals surface area contributed by atoms with Gasteiger partial charge in [0.25, 0.3) is 5.91 Å². The quantitative estimate of drug-likeness (QED) is 0.411. The van der Waals surface area contributed by atoms with Gasteiger partial charge in [-0.05, 0) is 36.4 Å². The maximum atomic E-state index is 13.3. The number of hydrogen-bond donors (Lipinski definition) is 2. The SMILES string of the molecule is N#CCC(=O)Nc1ccc(C(=O)OCC(=O)Nc2ccc(F)c([N+](=O)[O-])c2)cc1. The van der Waals surface area contributed by atoms with E-state index in [9.17, 15) is 28.9 Å². The molecular weight excluding hydrogens is 387 g/mol. The van der Waals surface area contributed by atoms with E-state index in [1.54, 1.807) is 6.07 Å². The number of anilines is 2. The van der Waals surface area contributed by atoms with E-state index in [2.05, 4.69) is 10.6 Å². The maximum absolute atomic E-state index is 13.3. The molecule has 148 valence electrons. The Morgan fingerprint density at radius 2 is 1.69 bits per heavy atom. The van der Waals surface area contributed by atoms with Gasteiger partial charge in [-0.3, -0.25) is 19.7 Å². The van der Waals surface area contributed by atoms with Crippen molar-refractivity contribution in [2.45, 2.75) is 6.42 Å². The number of rotatable bonds is 7. The van der Waals surface area contributed by atoms with Gasteiger partial charge in [-0.1, -0.05) is 0 Å². The molecule has 0 unspecified atom stereocenters. The van der Waals surface area contributed by atoms with Gasteiger partial charge >= 0.3 is 11.7 Å². The minimum atomic E-state index is -1.05. The molecule has 0 heterocycles. The van der Waals surface area contributed by atoms with Crippen LogP contribution in [0.3, 0.4) is 0 Å². The van der Waals surface area contributed by atoms with Gasteiger partial charge < -0.3 is 15.4 Å². The average molecular weight is 400 g/mol. The molecule has 0 aliphatic rings.